The maximum atomic E-state index is 13.0. The number of carbonyl (C=O) groups is 5. The summed E-state index contributed by atoms with van der Waals surface area (Å²) in [6.07, 6.45) is -4.24. The number of ether oxygens (including phenoxy) is 1. The van der Waals surface area contributed by atoms with Crippen molar-refractivity contribution in [2.75, 3.05) is 19.8 Å². The monoisotopic (exact) mass is 510 g/mol. The van der Waals surface area contributed by atoms with Crippen molar-refractivity contribution in [3.8, 4) is 0 Å². The summed E-state index contributed by atoms with van der Waals surface area (Å²) in [5.74, 6) is -5.64. The minimum atomic E-state index is -5.07. The molecule has 0 bridgehead atoms. The fraction of sp³-hybridized carbons (Fsp3) is 0.762. The standard InChI is InChI=1S/C21H30F4N4O6/c1-11(2)7-14(28-18(33)19(34)29-20(10-22)4-5-20)17(32)27-13(8-12-3-6-26-16(12)31)15(30)9-35-21(23,24)25/h11-14H,3-10H2,1-2H3,(H,26,31)(H,27,32)(H,28,33)(H,29,34)/t12-,13-,14-/m0/s1. The Kier molecular flexibility index (Phi) is 9.58. The van der Waals surface area contributed by atoms with E-state index in [2.05, 4.69) is 26.0 Å². The van der Waals surface area contributed by atoms with Crippen molar-refractivity contribution in [1.82, 2.24) is 21.3 Å². The normalized spacial score (nSPS) is 20.5. The predicted octanol–water partition coefficient (Wildman–Crippen LogP) is 0.252. The van der Waals surface area contributed by atoms with Gasteiger partial charge in [-0.1, -0.05) is 13.8 Å². The van der Waals surface area contributed by atoms with Gasteiger partial charge in [-0.25, -0.2) is 4.39 Å². The van der Waals surface area contributed by atoms with Crippen LogP contribution in [0.15, 0.2) is 0 Å². The maximum Gasteiger partial charge on any atom is 0.522 e. The van der Waals surface area contributed by atoms with Gasteiger partial charge in [0.2, 0.25) is 11.8 Å². The van der Waals surface area contributed by atoms with E-state index in [1.54, 1.807) is 13.8 Å². The SMILES string of the molecule is CC(C)C[C@H](NC(=O)C(=O)NC1(CF)CC1)C(=O)N[C@@H](C[C@@H]1CCNC1=O)C(=O)COC(F)(F)F. The third-order valence-corrected chi connectivity index (χ3v) is 5.79. The second-order valence-electron chi connectivity index (χ2n) is 9.30. The quantitative estimate of drug-likeness (QED) is 0.219. The second-order valence-corrected chi connectivity index (χ2v) is 9.30. The average molecular weight is 510 g/mol. The van der Waals surface area contributed by atoms with Gasteiger partial charge in [-0.2, -0.15) is 0 Å². The van der Waals surface area contributed by atoms with Crippen LogP contribution in [0.4, 0.5) is 17.6 Å². The molecule has 1 saturated heterocycles. The van der Waals surface area contributed by atoms with E-state index in [0.29, 0.717) is 25.8 Å². The summed E-state index contributed by atoms with van der Waals surface area (Å²) in [5.41, 5.74) is -1.08. The highest BCUT2D eigenvalue weighted by Gasteiger charge is 2.45. The summed E-state index contributed by atoms with van der Waals surface area (Å²) >= 11 is 0. The summed E-state index contributed by atoms with van der Waals surface area (Å²) in [6, 6.07) is -2.81. The Morgan fingerprint density at radius 1 is 1.11 bits per heavy atom. The minimum Gasteiger partial charge on any atom is -0.356 e. The smallest absolute Gasteiger partial charge is 0.356 e. The van der Waals surface area contributed by atoms with Crippen LogP contribution in [-0.4, -0.2) is 73.2 Å². The van der Waals surface area contributed by atoms with Crippen molar-refractivity contribution in [1.29, 1.82) is 0 Å². The summed E-state index contributed by atoms with van der Waals surface area (Å²) in [5, 5.41) is 9.35. The highest BCUT2D eigenvalue weighted by atomic mass is 19.4. The molecule has 2 rings (SSSR count). The lowest BCUT2D eigenvalue weighted by Gasteiger charge is -2.25. The average Bonchev–Trinajstić information content (AvgIpc) is 3.42. The van der Waals surface area contributed by atoms with Crippen LogP contribution in [0.2, 0.25) is 0 Å². The molecular formula is C21H30F4N4O6. The number of hydrogen-bond acceptors (Lipinski definition) is 6. The Labute approximate surface area is 199 Å². The van der Waals surface area contributed by atoms with Crippen LogP contribution in [0.25, 0.3) is 0 Å². The molecule has 0 aromatic heterocycles. The number of rotatable bonds is 12. The maximum absolute atomic E-state index is 13.0. The van der Waals surface area contributed by atoms with Crippen molar-refractivity contribution in [2.24, 2.45) is 11.8 Å². The topological polar surface area (TPSA) is 143 Å². The number of hydrogen-bond donors (Lipinski definition) is 4. The van der Waals surface area contributed by atoms with Crippen LogP contribution in [-0.2, 0) is 28.7 Å². The molecule has 4 N–H and O–H groups in total. The number of ketones is 1. The largest absolute Gasteiger partial charge is 0.522 e. The van der Waals surface area contributed by atoms with Crippen LogP contribution in [0, 0.1) is 11.8 Å². The Bertz CT molecular complexity index is 831. The number of halogens is 4. The molecule has 0 aromatic rings. The van der Waals surface area contributed by atoms with Crippen LogP contribution >= 0.6 is 0 Å². The molecule has 2 aliphatic rings. The minimum absolute atomic E-state index is 0.0307. The molecule has 0 spiro atoms. The van der Waals surface area contributed by atoms with Gasteiger partial charge in [-0.3, -0.25) is 28.7 Å². The lowest BCUT2D eigenvalue weighted by atomic mass is 9.95. The molecular weight excluding hydrogens is 480 g/mol. The van der Waals surface area contributed by atoms with Crippen LogP contribution in [0.5, 0.6) is 0 Å². The number of Topliss-reactive ketones (excluding diaryl/α,β-unsaturated/α-hetero) is 1. The van der Waals surface area contributed by atoms with Gasteiger partial charge in [0.25, 0.3) is 0 Å². The molecule has 14 heteroatoms. The van der Waals surface area contributed by atoms with Gasteiger partial charge in [0.1, 0.15) is 19.3 Å². The summed E-state index contributed by atoms with van der Waals surface area (Å²) in [6.45, 7) is 1.53. The fourth-order valence-electron chi connectivity index (χ4n) is 3.62. The Morgan fingerprint density at radius 2 is 1.77 bits per heavy atom. The summed E-state index contributed by atoms with van der Waals surface area (Å²) < 4.78 is 53.8. The van der Waals surface area contributed by atoms with E-state index in [1.165, 1.54) is 0 Å². The third-order valence-electron chi connectivity index (χ3n) is 5.79. The van der Waals surface area contributed by atoms with Crippen molar-refractivity contribution in [3.05, 3.63) is 0 Å². The van der Waals surface area contributed by atoms with E-state index >= 15 is 0 Å². The fourth-order valence-corrected chi connectivity index (χ4v) is 3.62. The van der Waals surface area contributed by atoms with E-state index in [9.17, 15) is 41.5 Å². The van der Waals surface area contributed by atoms with Crippen molar-refractivity contribution in [3.63, 3.8) is 0 Å². The van der Waals surface area contributed by atoms with Gasteiger partial charge in [0, 0.05) is 12.5 Å². The zero-order valence-corrected chi connectivity index (χ0v) is 19.4. The molecule has 1 heterocycles. The van der Waals surface area contributed by atoms with E-state index in [4.69, 9.17) is 0 Å². The Morgan fingerprint density at radius 3 is 2.26 bits per heavy atom. The lowest BCUT2D eigenvalue weighted by Crippen LogP contribution is -2.56. The van der Waals surface area contributed by atoms with Crippen molar-refractivity contribution < 1.29 is 46.3 Å². The lowest BCUT2D eigenvalue weighted by molar-refractivity contribution is -0.321. The summed E-state index contributed by atoms with van der Waals surface area (Å²) in [4.78, 5) is 61.7. The predicted molar refractivity (Wildman–Crippen MR) is 112 cm³/mol. The highest BCUT2D eigenvalue weighted by molar-refractivity contribution is 6.35. The second kappa shape index (κ2) is 11.8. The molecule has 10 nitrogen and oxygen atoms in total. The van der Waals surface area contributed by atoms with Gasteiger partial charge >= 0.3 is 18.2 Å². The van der Waals surface area contributed by atoms with Crippen LogP contribution in [0.1, 0.15) is 46.0 Å². The van der Waals surface area contributed by atoms with E-state index in [-0.39, 0.29) is 18.8 Å². The first-order valence-corrected chi connectivity index (χ1v) is 11.3. The molecule has 198 valence electrons. The molecule has 0 unspecified atom stereocenters. The van der Waals surface area contributed by atoms with Gasteiger partial charge in [0.05, 0.1) is 11.6 Å². The number of amides is 4. The molecule has 35 heavy (non-hydrogen) atoms. The third kappa shape index (κ3) is 9.07. The molecule has 0 radical (unpaired) electrons. The molecule has 1 aliphatic heterocycles. The molecule has 4 amide bonds. The number of carbonyl (C=O) groups excluding carboxylic acids is 5. The first-order chi connectivity index (χ1) is 16.2. The van der Waals surface area contributed by atoms with E-state index in [0.717, 1.165) is 0 Å². The molecule has 3 atom stereocenters. The van der Waals surface area contributed by atoms with E-state index in [1.807, 2.05) is 0 Å². The van der Waals surface area contributed by atoms with E-state index < -0.39 is 72.6 Å². The van der Waals surface area contributed by atoms with Gasteiger partial charge in [-0.15, -0.1) is 13.2 Å². The van der Waals surface area contributed by atoms with Gasteiger partial charge in [-0.05, 0) is 38.0 Å². The Balaban J connectivity index is 2.09. The van der Waals surface area contributed by atoms with Crippen molar-refractivity contribution >= 4 is 29.4 Å². The first kappa shape index (κ1) is 28.5. The number of alkyl halides is 4. The van der Waals surface area contributed by atoms with Crippen molar-refractivity contribution in [2.45, 2.75) is 69.9 Å². The van der Waals surface area contributed by atoms with Crippen LogP contribution in [0.3, 0.4) is 0 Å². The first-order valence-electron chi connectivity index (χ1n) is 11.3. The highest BCUT2D eigenvalue weighted by Crippen LogP contribution is 2.35. The zero-order chi connectivity index (χ0) is 26.4. The van der Waals surface area contributed by atoms with Gasteiger partial charge in [0.15, 0.2) is 5.78 Å². The number of nitrogens with one attached hydrogen (secondary N) is 4. The Hall–Kier alpha value is -2.77. The zero-order valence-electron chi connectivity index (χ0n) is 19.4. The molecule has 2 fully saturated rings. The molecule has 1 saturated carbocycles. The summed E-state index contributed by atoms with van der Waals surface area (Å²) in [7, 11) is 0. The van der Waals surface area contributed by atoms with Crippen LogP contribution < -0.4 is 21.3 Å². The van der Waals surface area contributed by atoms with Gasteiger partial charge < -0.3 is 21.3 Å². The molecule has 1 aliphatic carbocycles. The molecule has 0 aromatic carbocycles.